The number of nitrogens with zero attached hydrogens (tertiary/aromatic N) is 1. The van der Waals surface area contributed by atoms with Gasteiger partial charge in [-0.05, 0) is 122 Å². The van der Waals surface area contributed by atoms with E-state index in [9.17, 15) is 0 Å². The van der Waals surface area contributed by atoms with Crippen LogP contribution in [0.3, 0.4) is 0 Å². The molecule has 1 aliphatic carbocycles. The third-order valence-electron chi connectivity index (χ3n) is 15.0. The number of benzene rings is 7. The van der Waals surface area contributed by atoms with E-state index in [4.69, 9.17) is 8.83 Å². The van der Waals surface area contributed by atoms with Crippen molar-refractivity contribution in [3.63, 3.8) is 0 Å². The number of aromatic nitrogens is 1. The minimum absolute atomic E-state index is 0.0146. The van der Waals surface area contributed by atoms with Gasteiger partial charge < -0.3 is 18.7 Å². The van der Waals surface area contributed by atoms with Crippen molar-refractivity contribution >= 4 is 95.3 Å². The molecular formula is C58H55BN2O2. The normalized spacial score (nSPS) is 15.7. The fraction of sp³-hybridized carbons (Fsp3) is 0.276. The summed E-state index contributed by atoms with van der Waals surface area (Å²) in [6, 6.07) is 43.3. The molecule has 312 valence electrons. The fourth-order valence-electron chi connectivity index (χ4n) is 11.2. The highest BCUT2D eigenvalue weighted by molar-refractivity contribution is 6.73. The van der Waals surface area contributed by atoms with Crippen molar-refractivity contribution in [1.29, 1.82) is 0 Å². The van der Waals surface area contributed by atoms with Crippen LogP contribution in [0, 0.1) is 0 Å². The highest BCUT2D eigenvalue weighted by atomic mass is 16.3. The van der Waals surface area contributed by atoms with E-state index in [2.05, 4.69) is 194 Å². The SMILES string of the molecule is CC(C)(C)c1ccc(Nc2cc3oc4cc5c(cc4c3cc2-c2ccc3c4c6c(ccc4n4c3c2Bc2cc(C(C)(C)C)ccc2-4)oc2ccccc26)C(C)(C)CCC5(C)C)cc1. The molecule has 0 bridgehead atoms. The highest BCUT2D eigenvalue weighted by Gasteiger charge is 2.38. The number of para-hydroxylation sites is 1. The average molecular weight is 823 g/mol. The number of furan rings is 2. The molecule has 0 fully saturated rings. The third-order valence-corrected chi connectivity index (χ3v) is 15.0. The van der Waals surface area contributed by atoms with Crippen LogP contribution in [0.4, 0.5) is 11.4 Å². The molecule has 12 rings (SSSR count). The summed E-state index contributed by atoms with van der Waals surface area (Å²) in [6.07, 6.45) is 2.33. The minimum Gasteiger partial charge on any atom is -0.456 e. The molecule has 2 aliphatic rings. The predicted molar refractivity (Wildman–Crippen MR) is 270 cm³/mol. The van der Waals surface area contributed by atoms with Crippen molar-refractivity contribution in [3.05, 3.63) is 138 Å². The van der Waals surface area contributed by atoms with Gasteiger partial charge in [-0.2, -0.15) is 0 Å². The second kappa shape index (κ2) is 12.7. The van der Waals surface area contributed by atoms with Gasteiger partial charge in [0.2, 0.25) is 0 Å². The van der Waals surface area contributed by atoms with Gasteiger partial charge in [-0.25, -0.2) is 0 Å². The van der Waals surface area contributed by atoms with Gasteiger partial charge in [-0.1, -0.05) is 129 Å². The fourth-order valence-corrected chi connectivity index (χ4v) is 11.2. The van der Waals surface area contributed by atoms with Crippen LogP contribution in [0.15, 0.2) is 124 Å². The first-order valence-electron chi connectivity index (χ1n) is 22.9. The van der Waals surface area contributed by atoms with E-state index in [1.165, 1.54) is 82.6 Å². The molecule has 0 amide bonds. The molecule has 5 heteroatoms. The monoisotopic (exact) mass is 822 g/mol. The quantitative estimate of drug-likeness (QED) is 0.181. The number of rotatable bonds is 3. The smallest absolute Gasteiger partial charge is 0.198 e. The van der Waals surface area contributed by atoms with E-state index in [1.54, 1.807) is 0 Å². The van der Waals surface area contributed by atoms with E-state index in [1.807, 2.05) is 0 Å². The van der Waals surface area contributed by atoms with Gasteiger partial charge >= 0.3 is 0 Å². The van der Waals surface area contributed by atoms with Crippen molar-refractivity contribution in [2.45, 2.75) is 104 Å². The van der Waals surface area contributed by atoms with Crippen LogP contribution in [0.25, 0.3) is 82.5 Å². The molecule has 1 N–H and O–H groups in total. The summed E-state index contributed by atoms with van der Waals surface area (Å²) in [7, 11) is 0.818. The lowest BCUT2D eigenvalue weighted by molar-refractivity contribution is 0.332. The molecule has 0 saturated heterocycles. The van der Waals surface area contributed by atoms with E-state index in [-0.39, 0.29) is 21.7 Å². The van der Waals surface area contributed by atoms with Crippen molar-refractivity contribution < 1.29 is 8.83 Å². The lowest BCUT2D eigenvalue weighted by Gasteiger charge is -2.41. The first-order chi connectivity index (χ1) is 29.9. The van der Waals surface area contributed by atoms with Gasteiger partial charge in [0, 0.05) is 60.8 Å². The number of hydrogen-bond donors (Lipinski definition) is 1. The maximum absolute atomic E-state index is 6.92. The lowest BCUT2D eigenvalue weighted by Crippen LogP contribution is -2.38. The maximum Gasteiger partial charge on any atom is 0.198 e. The summed E-state index contributed by atoms with van der Waals surface area (Å²) >= 11 is 0. The van der Waals surface area contributed by atoms with Gasteiger partial charge in [0.1, 0.15) is 22.3 Å². The van der Waals surface area contributed by atoms with E-state index < -0.39 is 0 Å². The zero-order valence-corrected chi connectivity index (χ0v) is 38.4. The standard InChI is InChI=1S/C58H55BN2O2/c1-55(2,3)32-15-18-34(19-16-32)60-44-31-50-39(40-29-41-42(30-49(40)63-50)58(9,10)26-25-57(41,7)8)28-38(44)35-20-21-37-51-46(23-24-48-52(51)36-13-11-12-14-47(36)62-48)61-45-22-17-33(56(4,5)6)27-43(45)59-53(35)54(37)61/h11-24,27-31,59-60H,25-26H2,1-10H3. The van der Waals surface area contributed by atoms with E-state index in [0.717, 1.165) is 64.6 Å². The summed E-state index contributed by atoms with van der Waals surface area (Å²) in [6.45, 7) is 23.4. The molecule has 1 aliphatic heterocycles. The molecule has 0 unspecified atom stereocenters. The predicted octanol–water partition coefficient (Wildman–Crippen LogP) is 14.6. The molecule has 4 heterocycles. The highest BCUT2D eigenvalue weighted by Crippen LogP contribution is 2.50. The summed E-state index contributed by atoms with van der Waals surface area (Å²) in [5, 5.41) is 11.1. The largest absolute Gasteiger partial charge is 0.456 e. The summed E-state index contributed by atoms with van der Waals surface area (Å²) in [5.74, 6) is 0. The Kier molecular flexibility index (Phi) is 7.77. The Hall–Kier alpha value is -6.20. The van der Waals surface area contributed by atoms with E-state index >= 15 is 0 Å². The Morgan fingerprint density at radius 1 is 0.556 bits per heavy atom. The third kappa shape index (κ3) is 5.67. The Bertz CT molecular complexity index is 3580. The second-order valence-electron chi connectivity index (χ2n) is 22.1. The molecule has 0 saturated carbocycles. The molecule has 10 aromatic rings. The molecule has 4 nitrogen and oxygen atoms in total. The van der Waals surface area contributed by atoms with Gasteiger partial charge in [-0.3, -0.25) is 0 Å². The lowest BCUT2D eigenvalue weighted by atomic mass is 9.58. The summed E-state index contributed by atoms with van der Waals surface area (Å²) in [4.78, 5) is 0. The van der Waals surface area contributed by atoms with Crippen molar-refractivity contribution in [2.24, 2.45) is 0 Å². The van der Waals surface area contributed by atoms with Gasteiger partial charge in [0.05, 0.1) is 11.2 Å². The first-order valence-corrected chi connectivity index (χ1v) is 22.9. The van der Waals surface area contributed by atoms with Gasteiger partial charge in [0.25, 0.3) is 0 Å². The Morgan fingerprint density at radius 2 is 1.22 bits per heavy atom. The number of fused-ring (bicyclic) bond motifs is 13. The van der Waals surface area contributed by atoms with Crippen LogP contribution in [0.5, 0.6) is 0 Å². The zero-order chi connectivity index (χ0) is 43.5. The Labute approximate surface area is 370 Å². The van der Waals surface area contributed by atoms with Crippen LogP contribution in [0.1, 0.15) is 104 Å². The topological polar surface area (TPSA) is 43.2 Å². The molecule has 0 radical (unpaired) electrons. The minimum atomic E-state index is 0.0146. The molecule has 7 aromatic carbocycles. The van der Waals surface area contributed by atoms with Crippen LogP contribution in [-0.2, 0) is 21.7 Å². The maximum atomic E-state index is 6.92. The van der Waals surface area contributed by atoms with Gasteiger partial charge in [0.15, 0.2) is 7.28 Å². The number of anilines is 2. The molecule has 3 aromatic heterocycles. The first kappa shape index (κ1) is 38.5. The van der Waals surface area contributed by atoms with E-state index in [0.29, 0.717) is 0 Å². The van der Waals surface area contributed by atoms with Crippen molar-refractivity contribution in [1.82, 2.24) is 4.57 Å². The van der Waals surface area contributed by atoms with Crippen molar-refractivity contribution in [3.8, 4) is 16.8 Å². The van der Waals surface area contributed by atoms with Crippen LogP contribution in [-0.4, -0.2) is 11.8 Å². The molecule has 0 spiro atoms. The summed E-state index contributed by atoms with van der Waals surface area (Å²) in [5.41, 5.74) is 20.4. The summed E-state index contributed by atoms with van der Waals surface area (Å²) < 4.78 is 16.0. The van der Waals surface area contributed by atoms with Crippen LogP contribution in [0.2, 0.25) is 0 Å². The Morgan fingerprint density at radius 3 is 1.97 bits per heavy atom. The molecular weight excluding hydrogens is 767 g/mol. The number of hydrogen-bond acceptors (Lipinski definition) is 3. The average Bonchev–Trinajstić information content (AvgIpc) is 3.91. The van der Waals surface area contributed by atoms with Crippen LogP contribution >= 0.6 is 0 Å². The number of nitrogens with one attached hydrogen (secondary N) is 1. The Balaban J connectivity index is 1.17. The zero-order valence-electron chi connectivity index (χ0n) is 38.4. The van der Waals surface area contributed by atoms with Gasteiger partial charge in [-0.15, -0.1) is 0 Å². The van der Waals surface area contributed by atoms with Crippen LogP contribution < -0.4 is 16.2 Å². The second-order valence-corrected chi connectivity index (χ2v) is 22.1. The molecule has 0 atom stereocenters. The van der Waals surface area contributed by atoms with Crippen molar-refractivity contribution in [2.75, 3.05) is 5.32 Å². The molecule has 63 heavy (non-hydrogen) atoms.